The van der Waals surface area contributed by atoms with E-state index < -0.39 is 6.09 Å². The number of carbonyl (C=O) groups excluding carboxylic acids is 2. The maximum Gasteiger partial charge on any atom is 0.410 e. The van der Waals surface area contributed by atoms with Crippen LogP contribution in [0, 0.1) is 11.3 Å². The number of carbonyl (C=O) groups is 2. The zero-order valence-corrected chi connectivity index (χ0v) is 13.9. The predicted molar refractivity (Wildman–Crippen MR) is 86.2 cm³/mol. The van der Waals surface area contributed by atoms with Crippen molar-refractivity contribution in [2.75, 3.05) is 32.9 Å². The predicted octanol–water partition coefficient (Wildman–Crippen LogP) is 2.22. The van der Waals surface area contributed by atoms with Crippen molar-refractivity contribution in [3.63, 3.8) is 0 Å². The Kier molecular flexibility index (Phi) is 5.04. The van der Waals surface area contributed by atoms with E-state index in [-0.39, 0.29) is 23.9 Å². The molecule has 0 aromatic heterocycles. The van der Waals surface area contributed by atoms with Crippen molar-refractivity contribution < 1.29 is 23.8 Å². The Bertz CT molecular complexity index is 582. The lowest BCUT2D eigenvalue weighted by molar-refractivity contribution is -0.151. The lowest BCUT2D eigenvalue weighted by Gasteiger charge is -2.26. The van der Waals surface area contributed by atoms with E-state index in [0.717, 1.165) is 12.0 Å². The minimum atomic E-state index is -0.392. The Labute approximate surface area is 141 Å². The molecule has 130 valence electrons. The molecule has 0 bridgehead atoms. The molecule has 0 saturated carbocycles. The van der Waals surface area contributed by atoms with Gasteiger partial charge < -0.3 is 19.1 Å². The average Bonchev–Trinajstić information content (AvgIpc) is 3.22. The molecule has 24 heavy (non-hydrogen) atoms. The van der Waals surface area contributed by atoms with E-state index in [4.69, 9.17) is 14.2 Å². The van der Waals surface area contributed by atoms with Crippen molar-refractivity contribution in [1.82, 2.24) is 4.90 Å². The van der Waals surface area contributed by atoms with Gasteiger partial charge in [-0.05, 0) is 18.9 Å². The Balaban J connectivity index is 1.64. The largest absolute Gasteiger partial charge is 0.466 e. The van der Waals surface area contributed by atoms with E-state index >= 15 is 0 Å². The van der Waals surface area contributed by atoms with E-state index in [1.54, 1.807) is 11.8 Å². The van der Waals surface area contributed by atoms with Gasteiger partial charge in [0.1, 0.15) is 6.61 Å². The average molecular weight is 333 g/mol. The summed E-state index contributed by atoms with van der Waals surface area (Å²) < 4.78 is 16.1. The molecule has 2 fully saturated rings. The van der Waals surface area contributed by atoms with Crippen LogP contribution in [0.4, 0.5) is 4.79 Å². The molecule has 1 aromatic carbocycles. The first kappa shape index (κ1) is 16.8. The fraction of sp³-hybridized carbons (Fsp3) is 0.556. The first-order valence-electron chi connectivity index (χ1n) is 8.34. The van der Waals surface area contributed by atoms with Gasteiger partial charge in [-0.15, -0.1) is 0 Å². The van der Waals surface area contributed by atoms with Crippen molar-refractivity contribution in [3.8, 4) is 0 Å². The zero-order chi connectivity index (χ0) is 17.0. The topological polar surface area (TPSA) is 65.1 Å². The standard InChI is InChI=1S/C18H23NO5/c1-2-23-16(20)15-10-19(12-18(15)8-9-22-13-18)17(21)24-11-14-6-4-3-5-7-14/h3-7,15H,2,8-13H2,1H3. The monoisotopic (exact) mass is 333 g/mol. The Morgan fingerprint density at radius 2 is 2.08 bits per heavy atom. The van der Waals surface area contributed by atoms with Gasteiger partial charge in [0.2, 0.25) is 0 Å². The van der Waals surface area contributed by atoms with Gasteiger partial charge in [0.15, 0.2) is 0 Å². The van der Waals surface area contributed by atoms with Crippen LogP contribution in [-0.4, -0.2) is 49.9 Å². The van der Waals surface area contributed by atoms with Crippen LogP contribution in [0.5, 0.6) is 0 Å². The van der Waals surface area contributed by atoms with Crippen LogP contribution in [0.3, 0.4) is 0 Å². The SMILES string of the molecule is CCOC(=O)C1CN(C(=O)OCc2ccccc2)CC12CCOC2. The molecule has 6 heteroatoms. The number of benzene rings is 1. The molecule has 3 rings (SSSR count). The zero-order valence-electron chi connectivity index (χ0n) is 13.9. The molecule has 1 aromatic rings. The first-order chi connectivity index (χ1) is 11.6. The van der Waals surface area contributed by atoms with Crippen molar-refractivity contribution >= 4 is 12.1 Å². The van der Waals surface area contributed by atoms with Crippen molar-refractivity contribution in [1.29, 1.82) is 0 Å². The van der Waals surface area contributed by atoms with Crippen LogP contribution in [-0.2, 0) is 25.6 Å². The summed E-state index contributed by atoms with van der Waals surface area (Å²) >= 11 is 0. The molecule has 2 unspecified atom stereocenters. The van der Waals surface area contributed by atoms with Gasteiger partial charge in [-0.2, -0.15) is 0 Å². The minimum Gasteiger partial charge on any atom is -0.466 e. The molecule has 2 aliphatic heterocycles. The lowest BCUT2D eigenvalue weighted by Crippen LogP contribution is -2.36. The van der Waals surface area contributed by atoms with Gasteiger partial charge in [-0.3, -0.25) is 4.79 Å². The maximum atomic E-state index is 12.4. The van der Waals surface area contributed by atoms with Crippen molar-refractivity contribution in [3.05, 3.63) is 35.9 Å². The lowest BCUT2D eigenvalue weighted by atomic mass is 9.77. The Hall–Kier alpha value is -2.08. The summed E-state index contributed by atoms with van der Waals surface area (Å²) in [5.41, 5.74) is 0.601. The smallest absolute Gasteiger partial charge is 0.410 e. The highest BCUT2D eigenvalue weighted by Gasteiger charge is 2.54. The first-order valence-corrected chi connectivity index (χ1v) is 8.34. The van der Waals surface area contributed by atoms with Gasteiger partial charge in [0.25, 0.3) is 0 Å². The van der Waals surface area contributed by atoms with Gasteiger partial charge in [-0.25, -0.2) is 4.79 Å². The van der Waals surface area contributed by atoms with Crippen LogP contribution in [0.1, 0.15) is 18.9 Å². The van der Waals surface area contributed by atoms with Crippen LogP contribution >= 0.6 is 0 Å². The highest BCUT2D eigenvalue weighted by atomic mass is 16.6. The highest BCUT2D eigenvalue weighted by Crippen LogP contribution is 2.43. The quantitative estimate of drug-likeness (QED) is 0.791. The van der Waals surface area contributed by atoms with Crippen LogP contribution in [0.2, 0.25) is 0 Å². The van der Waals surface area contributed by atoms with Gasteiger partial charge >= 0.3 is 12.1 Å². The van der Waals surface area contributed by atoms with Crippen LogP contribution in [0.25, 0.3) is 0 Å². The highest BCUT2D eigenvalue weighted by molar-refractivity contribution is 5.77. The summed E-state index contributed by atoms with van der Waals surface area (Å²) in [4.78, 5) is 26.3. The Morgan fingerprint density at radius 1 is 1.29 bits per heavy atom. The normalized spacial score (nSPS) is 25.9. The second kappa shape index (κ2) is 7.21. The second-order valence-electron chi connectivity index (χ2n) is 6.39. The molecule has 0 radical (unpaired) electrons. The van der Waals surface area contributed by atoms with Gasteiger partial charge in [-0.1, -0.05) is 30.3 Å². The number of likely N-dealkylation sites (tertiary alicyclic amines) is 1. The van der Waals surface area contributed by atoms with E-state index in [0.29, 0.717) is 32.9 Å². The molecule has 1 spiro atoms. The van der Waals surface area contributed by atoms with Gasteiger partial charge in [0.05, 0.1) is 19.1 Å². The number of esters is 1. The summed E-state index contributed by atoms with van der Waals surface area (Å²) in [5, 5.41) is 0. The summed E-state index contributed by atoms with van der Waals surface area (Å²) in [6.45, 7) is 4.26. The maximum absolute atomic E-state index is 12.4. The molecule has 2 aliphatic rings. The molecular weight excluding hydrogens is 310 g/mol. The third-order valence-electron chi connectivity index (χ3n) is 4.82. The molecule has 2 heterocycles. The van der Waals surface area contributed by atoms with E-state index in [9.17, 15) is 9.59 Å². The summed E-state index contributed by atoms with van der Waals surface area (Å²) in [7, 11) is 0. The number of amides is 1. The van der Waals surface area contributed by atoms with E-state index in [2.05, 4.69) is 0 Å². The minimum absolute atomic E-state index is 0.226. The van der Waals surface area contributed by atoms with Gasteiger partial charge in [0, 0.05) is 25.1 Å². The number of hydrogen-bond acceptors (Lipinski definition) is 5. The van der Waals surface area contributed by atoms with Crippen LogP contribution < -0.4 is 0 Å². The number of ether oxygens (including phenoxy) is 3. The molecule has 0 aliphatic carbocycles. The summed E-state index contributed by atoms with van der Waals surface area (Å²) in [6, 6.07) is 9.54. The summed E-state index contributed by atoms with van der Waals surface area (Å²) in [5.74, 6) is -0.592. The molecule has 2 atom stereocenters. The molecule has 2 saturated heterocycles. The molecule has 1 amide bonds. The van der Waals surface area contributed by atoms with Crippen molar-refractivity contribution in [2.24, 2.45) is 11.3 Å². The molecular formula is C18H23NO5. The van der Waals surface area contributed by atoms with Crippen LogP contribution in [0.15, 0.2) is 30.3 Å². The number of rotatable bonds is 4. The molecule has 0 N–H and O–H groups in total. The Morgan fingerprint density at radius 3 is 2.75 bits per heavy atom. The fourth-order valence-corrected chi connectivity index (χ4v) is 3.51. The van der Waals surface area contributed by atoms with E-state index in [1.165, 1.54) is 0 Å². The molecule has 6 nitrogen and oxygen atoms in total. The van der Waals surface area contributed by atoms with E-state index in [1.807, 2.05) is 30.3 Å². The fourth-order valence-electron chi connectivity index (χ4n) is 3.51. The second-order valence-corrected chi connectivity index (χ2v) is 6.39. The number of nitrogens with zero attached hydrogens (tertiary/aromatic N) is 1. The third kappa shape index (κ3) is 3.38. The third-order valence-corrected chi connectivity index (χ3v) is 4.82. The van der Waals surface area contributed by atoms with Crippen molar-refractivity contribution in [2.45, 2.75) is 20.0 Å². The number of hydrogen-bond donors (Lipinski definition) is 0. The summed E-state index contributed by atoms with van der Waals surface area (Å²) in [6.07, 6.45) is 0.371.